The van der Waals surface area contributed by atoms with Gasteiger partial charge in [0.2, 0.25) is 11.8 Å². The second-order valence-corrected chi connectivity index (χ2v) is 10.2. The van der Waals surface area contributed by atoms with E-state index in [1.54, 1.807) is 42.5 Å². The molecule has 3 rings (SSSR count). The number of carbonyl (C=O) groups excluding carboxylic acids is 3. The number of carboxylic acids is 1. The highest BCUT2D eigenvalue weighted by molar-refractivity contribution is 7.99. The molecule has 0 aromatic heterocycles. The van der Waals surface area contributed by atoms with E-state index in [1.807, 2.05) is 6.07 Å². The van der Waals surface area contributed by atoms with Crippen molar-refractivity contribution in [3.63, 3.8) is 0 Å². The number of aliphatic carboxylic acids is 1. The van der Waals surface area contributed by atoms with E-state index in [1.165, 1.54) is 16.7 Å². The molecule has 1 aliphatic rings. The average Bonchev–Trinajstić information content (AvgIpc) is 2.87. The molecule has 2 unspecified atom stereocenters. The van der Waals surface area contributed by atoms with Crippen LogP contribution in [0.4, 0.5) is 5.69 Å². The van der Waals surface area contributed by atoms with Gasteiger partial charge < -0.3 is 20.6 Å². The van der Waals surface area contributed by atoms with Crippen molar-refractivity contribution in [2.75, 3.05) is 23.4 Å². The largest absolute Gasteiger partial charge is 0.480 e. The Morgan fingerprint density at radius 3 is 2.43 bits per heavy atom. The van der Waals surface area contributed by atoms with Crippen molar-refractivity contribution >= 4 is 64.3 Å². The van der Waals surface area contributed by atoms with Gasteiger partial charge in [-0.2, -0.15) is 17.0 Å². The van der Waals surface area contributed by atoms with Crippen LogP contribution in [0.3, 0.4) is 0 Å². The Morgan fingerprint density at radius 1 is 1.14 bits per heavy atom. The maximum atomic E-state index is 12.9. The zero-order chi connectivity index (χ0) is 26.9. The van der Waals surface area contributed by atoms with Gasteiger partial charge in [-0.1, -0.05) is 41.4 Å². The first-order valence-electron chi connectivity index (χ1n) is 11.3. The Hall–Kier alpha value is -3.26. The Bertz CT molecular complexity index is 1200. The second kappa shape index (κ2) is 13.3. The van der Waals surface area contributed by atoms with E-state index in [0.717, 1.165) is 0 Å². The van der Waals surface area contributed by atoms with Gasteiger partial charge in [-0.05, 0) is 29.8 Å². The first-order valence-corrected chi connectivity index (χ1v) is 13.2. The fourth-order valence-electron chi connectivity index (χ4n) is 3.76. The van der Waals surface area contributed by atoms with Crippen LogP contribution in [0.15, 0.2) is 42.5 Å². The summed E-state index contributed by atoms with van der Waals surface area (Å²) in [5.41, 5.74) is 1.21. The summed E-state index contributed by atoms with van der Waals surface area (Å²) in [6.45, 7) is 0.358. The van der Waals surface area contributed by atoms with Crippen molar-refractivity contribution in [3.05, 3.63) is 63.6 Å². The minimum Gasteiger partial charge on any atom is -0.480 e. The second-order valence-electron chi connectivity index (χ2n) is 8.19. The number of halogens is 2. The summed E-state index contributed by atoms with van der Waals surface area (Å²) < 4.78 is 0. The Labute approximate surface area is 228 Å². The molecule has 0 bridgehead atoms. The molecule has 1 heterocycles. The summed E-state index contributed by atoms with van der Waals surface area (Å²) in [6, 6.07) is 11.1. The molecule has 9 nitrogen and oxygen atoms in total. The highest BCUT2D eigenvalue weighted by Crippen LogP contribution is 2.25. The van der Waals surface area contributed by atoms with E-state index in [0.29, 0.717) is 29.3 Å². The van der Waals surface area contributed by atoms with Gasteiger partial charge in [0.15, 0.2) is 0 Å². The van der Waals surface area contributed by atoms with E-state index in [4.69, 9.17) is 28.5 Å². The topological polar surface area (TPSA) is 140 Å². The van der Waals surface area contributed by atoms with Gasteiger partial charge in [0.05, 0.1) is 21.7 Å². The van der Waals surface area contributed by atoms with Crippen molar-refractivity contribution in [2.45, 2.75) is 31.3 Å². The van der Waals surface area contributed by atoms with Crippen LogP contribution in [0.2, 0.25) is 10.0 Å². The number of benzene rings is 2. The normalized spacial score (nSPS) is 15.8. The highest BCUT2D eigenvalue weighted by Gasteiger charge is 2.34. The SMILES string of the molecule is N#CCCC(=O)N1CCSCC1C(=O)NC(Cc1ccc(NC(=O)c2c(Cl)cccc2Cl)cc1)C(=O)O. The molecule has 194 valence electrons. The molecule has 2 atom stereocenters. The number of thioether (sulfide) groups is 1. The van der Waals surface area contributed by atoms with E-state index < -0.39 is 29.9 Å². The quantitative estimate of drug-likeness (QED) is 0.424. The molecular formula is C25H24Cl2N4O5S. The predicted octanol–water partition coefficient (Wildman–Crippen LogP) is 3.61. The monoisotopic (exact) mass is 562 g/mol. The van der Waals surface area contributed by atoms with Crippen LogP contribution in [0.1, 0.15) is 28.8 Å². The molecule has 0 spiro atoms. The maximum absolute atomic E-state index is 12.9. The van der Waals surface area contributed by atoms with Gasteiger partial charge in [0.25, 0.3) is 5.91 Å². The van der Waals surface area contributed by atoms with Crippen molar-refractivity contribution in [2.24, 2.45) is 0 Å². The van der Waals surface area contributed by atoms with Gasteiger partial charge in [-0.25, -0.2) is 4.79 Å². The summed E-state index contributed by atoms with van der Waals surface area (Å²) in [5, 5.41) is 24.1. The van der Waals surface area contributed by atoms with Gasteiger partial charge >= 0.3 is 5.97 Å². The van der Waals surface area contributed by atoms with Crippen LogP contribution < -0.4 is 10.6 Å². The van der Waals surface area contributed by atoms with Gasteiger partial charge in [0.1, 0.15) is 12.1 Å². The van der Waals surface area contributed by atoms with Crippen LogP contribution in [-0.2, 0) is 20.8 Å². The molecule has 3 N–H and O–H groups in total. The van der Waals surface area contributed by atoms with Gasteiger partial charge in [-0.15, -0.1) is 0 Å². The summed E-state index contributed by atoms with van der Waals surface area (Å²) in [5.74, 6) is -1.55. The third kappa shape index (κ3) is 7.61. The zero-order valence-electron chi connectivity index (χ0n) is 19.6. The first kappa shape index (κ1) is 28.3. The molecule has 0 aliphatic carbocycles. The number of carboxylic acid groups (broad SMARTS) is 1. The standard InChI is InChI=1S/C25H24Cl2N4O5S/c26-17-3-1-4-18(27)22(17)24(34)29-16-8-6-15(7-9-16)13-19(25(35)36)30-23(33)20-14-37-12-11-31(20)21(32)5-2-10-28/h1,3-4,6-9,19-20H,2,5,11-14H2,(H,29,34)(H,30,33)(H,35,36). The van der Waals surface area contributed by atoms with E-state index in [9.17, 15) is 24.3 Å². The number of nitriles is 1. The Balaban J connectivity index is 1.64. The van der Waals surface area contributed by atoms with Crippen molar-refractivity contribution in [3.8, 4) is 6.07 Å². The summed E-state index contributed by atoms with van der Waals surface area (Å²) in [7, 11) is 0. The number of nitrogens with one attached hydrogen (secondary N) is 2. The number of rotatable bonds is 9. The number of carbonyl (C=O) groups is 4. The van der Waals surface area contributed by atoms with Crippen LogP contribution in [0.25, 0.3) is 0 Å². The molecule has 12 heteroatoms. The van der Waals surface area contributed by atoms with Crippen molar-refractivity contribution in [1.82, 2.24) is 10.2 Å². The van der Waals surface area contributed by atoms with Crippen LogP contribution in [0.5, 0.6) is 0 Å². The van der Waals surface area contributed by atoms with Gasteiger partial charge in [0, 0.05) is 43.0 Å². The lowest BCUT2D eigenvalue weighted by Gasteiger charge is -2.35. The molecule has 2 aromatic rings. The maximum Gasteiger partial charge on any atom is 0.326 e. The summed E-state index contributed by atoms with van der Waals surface area (Å²) >= 11 is 13.7. The molecule has 1 fully saturated rings. The molecule has 0 radical (unpaired) electrons. The number of nitrogens with zero attached hydrogens (tertiary/aromatic N) is 2. The van der Waals surface area contributed by atoms with Crippen LogP contribution >= 0.6 is 35.0 Å². The van der Waals surface area contributed by atoms with E-state index >= 15 is 0 Å². The fraction of sp³-hybridized carbons (Fsp3) is 0.320. The van der Waals surface area contributed by atoms with Crippen molar-refractivity contribution in [1.29, 1.82) is 5.26 Å². The number of anilines is 1. The smallest absolute Gasteiger partial charge is 0.326 e. The number of hydrogen-bond acceptors (Lipinski definition) is 6. The highest BCUT2D eigenvalue weighted by atomic mass is 35.5. The number of amides is 3. The van der Waals surface area contributed by atoms with E-state index in [-0.39, 0.29) is 40.8 Å². The molecule has 37 heavy (non-hydrogen) atoms. The molecule has 3 amide bonds. The summed E-state index contributed by atoms with van der Waals surface area (Å²) in [6.07, 6.45) is 0.0587. The Kier molecular flexibility index (Phi) is 10.2. The lowest BCUT2D eigenvalue weighted by atomic mass is 10.0. The molecular weight excluding hydrogens is 539 g/mol. The zero-order valence-corrected chi connectivity index (χ0v) is 21.9. The fourth-order valence-corrected chi connectivity index (χ4v) is 5.38. The van der Waals surface area contributed by atoms with Crippen LogP contribution in [0, 0.1) is 11.3 Å². The summed E-state index contributed by atoms with van der Waals surface area (Å²) in [4.78, 5) is 51.3. The Morgan fingerprint density at radius 2 is 1.81 bits per heavy atom. The van der Waals surface area contributed by atoms with Crippen molar-refractivity contribution < 1.29 is 24.3 Å². The molecule has 2 aromatic carbocycles. The third-order valence-corrected chi connectivity index (χ3v) is 7.31. The van der Waals surface area contributed by atoms with Crippen LogP contribution in [-0.4, -0.2) is 63.8 Å². The number of hydrogen-bond donors (Lipinski definition) is 3. The molecule has 1 saturated heterocycles. The minimum atomic E-state index is -1.22. The molecule has 1 aliphatic heterocycles. The first-order chi connectivity index (χ1) is 17.7. The third-order valence-electron chi connectivity index (χ3n) is 5.66. The lowest BCUT2D eigenvalue weighted by Crippen LogP contribution is -2.56. The predicted molar refractivity (Wildman–Crippen MR) is 142 cm³/mol. The minimum absolute atomic E-state index is 0.00607. The van der Waals surface area contributed by atoms with Gasteiger partial charge in [-0.3, -0.25) is 14.4 Å². The lowest BCUT2D eigenvalue weighted by molar-refractivity contribution is -0.144. The van der Waals surface area contributed by atoms with E-state index in [2.05, 4.69) is 10.6 Å². The average molecular weight is 563 g/mol. The molecule has 0 saturated carbocycles.